The van der Waals surface area contributed by atoms with Gasteiger partial charge in [0.25, 0.3) is 0 Å². The molecule has 0 aromatic carbocycles. The average Bonchev–Trinajstić information content (AvgIpc) is 3.15. The number of carbonyl (C=O) groups is 4. The van der Waals surface area contributed by atoms with Crippen molar-refractivity contribution in [2.24, 2.45) is 23.2 Å². The molecule has 8 heteroatoms. The van der Waals surface area contributed by atoms with E-state index in [1.807, 2.05) is 0 Å². The van der Waals surface area contributed by atoms with Gasteiger partial charge in [-0.2, -0.15) is 0 Å². The van der Waals surface area contributed by atoms with Crippen molar-refractivity contribution in [3.05, 3.63) is 0 Å². The van der Waals surface area contributed by atoms with Crippen LogP contribution in [0.15, 0.2) is 0 Å². The summed E-state index contributed by atoms with van der Waals surface area (Å²) in [5.74, 6) is -1.84. The topological polar surface area (TPSA) is 105 Å². The first kappa shape index (κ1) is 21.1. The van der Waals surface area contributed by atoms with Crippen LogP contribution in [0.5, 0.6) is 0 Å². The third kappa shape index (κ3) is 4.05. The molecule has 2 saturated carbocycles. The standard InChI is InChI=1S/C22H30O8/c1-11(18(23)27-14-6-4-12-8-16(14)28-19(12)24)10-22(2,3)21(26)30-15-7-5-13-9-17(15)29-20(13)25/h11-17H,4-10H2,1-3H3. The lowest BCUT2D eigenvalue weighted by Crippen LogP contribution is -2.40. The molecule has 7 atom stereocenters. The van der Waals surface area contributed by atoms with Crippen LogP contribution in [0, 0.1) is 23.2 Å². The van der Waals surface area contributed by atoms with E-state index in [0.717, 1.165) is 0 Å². The molecular formula is C22H30O8. The summed E-state index contributed by atoms with van der Waals surface area (Å²) in [6.45, 7) is 5.22. The van der Waals surface area contributed by atoms with Gasteiger partial charge in [-0.3, -0.25) is 19.2 Å². The van der Waals surface area contributed by atoms with Crippen LogP contribution >= 0.6 is 0 Å². The minimum atomic E-state index is -0.893. The van der Waals surface area contributed by atoms with Crippen molar-refractivity contribution < 1.29 is 38.1 Å². The lowest BCUT2D eigenvalue weighted by atomic mass is 9.82. The smallest absolute Gasteiger partial charge is 0.311 e. The van der Waals surface area contributed by atoms with Gasteiger partial charge < -0.3 is 18.9 Å². The molecule has 2 saturated heterocycles. The van der Waals surface area contributed by atoms with Gasteiger partial charge in [-0.05, 0) is 46.0 Å². The lowest BCUT2D eigenvalue weighted by Gasteiger charge is -2.32. The van der Waals surface area contributed by atoms with Crippen LogP contribution in [0.4, 0.5) is 0 Å². The summed E-state index contributed by atoms with van der Waals surface area (Å²) in [4.78, 5) is 48.8. The number of fused-ring (bicyclic) bond motifs is 4. The van der Waals surface area contributed by atoms with E-state index >= 15 is 0 Å². The summed E-state index contributed by atoms with van der Waals surface area (Å²) < 4.78 is 22.0. The van der Waals surface area contributed by atoms with Crippen LogP contribution in [0.2, 0.25) is 0 Å². The molecule has 4 fully saturated rings. The zero-order valence-corrected chi connectivity index (χ0v) is 17.8. The highest BCUT2D eigenvalue weighted by Gasteiger charge is 2.47. The van der Waals surface area contributed by atoms with Gasteiger partial charge in [0.15, 0.2) is 0 Å². The maximum absolute atomic E-state index is 12.8. The first-order valence-electron chi connectivity index (χ1n) is 11.0. The quantitative estimate of drug-likeness (QED) is 0.474. The Labute approximate surface area is 175 Å². The number of hydrogen-bond donors (Lipinski definition) is 0. The van der Waals surface area contributed by atoms with E-state index in [0.29, 0.717) is 38.5 Å². The summed E-state index contributed by atoms with van der Waals surface area (Å²) in [7, 11) is 0. The zero-order chi connectivity index (χ0) is 21.6. The Bertz CT molecular complexity index is 743. The monoisotopic (exact) mass is 422 g/mol. The molecule has 4 bridgehead atoms. The van der Waals surface area contributed by atoms with Gasteiger partial charge in [-0.15, -0.1) is 0 Å². The molecule has 0 radical (unpaired) electrons. The normalized spacial score (nSPS) is 36.0. The minimum Gasteiger partial charge on any atom is -0.458 e. The molecule has 4 rings (SSSR count). The molecule has 0 N–H and O–H groups in total. The van der Waals surface area contributed by atoms with E-state index in [1.165, 1.54) is 0 Å². The fourth-order valence-corrected chi connectivity index (χ4v) is 5.13. The highest BCUT2D eigenvalue weighted by Crippen LogP contribution is 2.39. The molecule has 2 heterocycles. The minimum absolute atomic E-state index is 0.0645. The summed E-state index contributed by atoms with van der Waals surface area (Å²) in [5.41, 5.74) is -0.893. The maximum Gasteiger partial charge on any atom is 0.311 e. The Morgan fingerprint density at radius 3 is 1.97 bits per heavy atom. The summed E-state index contributed by atoms with van der Waals surface area (Å²) in [6.07, 6.45) is 2.51. The molecule has 0 amide bonds. The van der Waals surface area contributed by atoms with Crippen molar-refractivity contribution in [1.29, 1.82) is 0 Å². The Morgan fingerprint density at radius 2 is 1.43 bits per heavy atom. The van der Waals surface area contributed by atoms with Gasteiger partial charge >= 0.3 is 23.9 Å². The highest BCUT2D eigenvalue weighted by molar-refractivity contribution is 5.79. The van der Waals surface area contributed by atoms with Gasteiger partial charge in [0, 0.05) is 12.8 Å². The van der Waals surface area contributed by atoms with Gasteiger partial charge in [0.05, 0.1) is 23.2 Å². The van der Waals surface area contributed by atoms with Gasteiger partial charge in [0.1, 0.15) is 24.4 Å². The number of rotatable bonds is 6. The number of hydrogen-bond acceptors (Lipinski definition) is 8. The van der Waals surface area contributed by atoms with Crippen molar-refractivity contribution in [2.75, 3.05) is 0 Å². The van der Waals surface area contributed by atoms with Crippen molar-refractivity contribution in [1.82, 2.24) is 0 Å². The predicted molar refractivity (Wildman–Crippen MR) is 102 cm³/mol. The van der Waals surface area contributed by atoms with Crippen LogP contribution in [0.3, 0.4) is 0 Å². The van der Waals surface area contributed by atoms with E-state index in [-0.39, 0.29) is 42.4 Å². The predicted octanol–water partition coefficient (Wildman–Crippen LogP) is 2.31. The Kier molecular flexibility index (Phi) is 5.53. The molecule has 2 aliphatic carbocycles. The van der Waals surface area contributed by atoms with Crippen LogP contribution in [-0.4, -0.2) is 48.3 Å². The van der Waals surface area contributed by atoms with Gasteiger partial charge in [0.2, 0.25) is 0 Å². The Balaban J connectivity index is 1.28. The fraction of sp³-hybridized carbons (Fsp3) is 0.818. The van der Waals surface area contributed by atoms with Crippen molar-refractivity contribution in [3.63, 3.8) is 0 Å². The number of ether oxygens (including phenoxy) is 4. The van der Waals surface area contributed by atoms with Crippen LogP contribution in [-0.2, 0) is 38.1 Å². The number of esters is 4. The van der Waals surface area contributed by atoms with Gasteiger partial charge in [-0.25, -0.2) is 0 Å². The molecule has 2 aliphatic heterocycles. The average molecular weight is 422 g/mol. The Hall–Kier alpha value is -2.12. The van der Waals surface area contributed by atoms with E-state index in [4.69, 9.17) is 18.9 Å². The Morgan fingerprint density at radius 1 is 0.933 bits per heavy atom. The van der Waals surface area contributed by atoms with E-state index in [2.05, 4.69) is 0 Å². The summed E-state index contributed by atoms with van der Waals surface area (Å²) >= 11 is 0. The van der Waals surface area contributed by atoms with Crippen LogP contribution < -0.4 is 0 Å². The molecule has 0 aromatic rings. The first-order valence-corrected chi connectivity index (χ1v) is 11.0. The largest absolute Gasteiger partial charge is 0.458 e. The fourth-order valence-electron chi connectivity index (χ4n) is 5.13. The molecule has 8 nitrogen and oxygen atoms in total. The highest BCUT2D eigenvalue weighted by atomic mass is 16.6. The molecule has 0 spiro atoms. The van der Waals surface area contributed by atoms with Crippen LogP contribution in [0.25, 0.3) is 0 Å². The van der Waals surface area contributed by atoms with Crippen molar-refractivity contribution in [3.8, 4) is 0 Å². The van der Waals surface area contributed by atoms with Crippen LogP contribution in [0.1, 0.15) is 65.7 Å². The molecular weight excluding hydrogens is 392 g/mol. The maximum atomic E-state index is 12.8. The van der Waals surface area contributed by atoms with Gasteiger partial charge in [-0.1, -0.05) is 6.92 Å². The molecule has 0 aromatic heterocycles. The SMILES string of the molecule is CC(CC(C)(C)C(=O)OC1CCC2CC1OC2=O)C(=O)OC1CCC2CC1OC2=O. The van der Waals surface area contributed by atoms with Crippen molar-refractivity contribution >= 4 is 23.9 Å². The first-order chi connectivity index (χ1) is 14.1. The molecule has 4 aliphatic rings. The summed E-state index contributed by atoms with van der Waals surface area (Å²) in [6, 6.07) is 0. The third-order valence-corrected chi connectivity index (χ3v) is 6.96. The second-order valence-electron chi connectivity index (χ2n) is 9.88. The third-order valence-electron chi connectivity index (χ3n) is 6.96. The van der Waals surface area contributed by atoms with E-state index < -0.39 is 35.5 Å². The molecule has 30 heavy (non-hydrogen) atoms. The van der Waals surface area contributed by atoms with E-state index in [1.54, 1.807) is 20.8 Å². The number of carbonyl (C=O) groups excluding carboxylic acids is 4. The lowest BCUT2D eigenvalue weighted by molar-refractivity contribution is -0.173. The zero-order valence-electron chi connectivity index (χ0n) is 17.8. The second kappa shape index (κ2) is 7.85. The molecule has 7 unspecified atom stereocenters. The molecule has 166 valence electrons. The second-order valence-corrected chi connectivity index (χ2v) is 9.88. The van der Waals surface area contributed by atoms with Crippen molar-refractivity contribution in [2.45, 2.75) is 90.1 Å². The van der Waals surface area contributed by atoms with E-state index in [9.17, 15) is 19.2 Å². The summed E-state index contributed by atoms with van der Waals surface area (Å²) in [5, 5.41) is 0.